The normalized spacial score (nSPS) is 19.4. The molecular weight excluding hydrogens is 332 g/mol. The highest BCUT2D eigenvalue weighted by atomic mass is 16.5. The Labute approximate surface area is 153 Å². The number of hydrogen-bond donors (Lipinski definition) is 1. The van der Waals surface area contributed by atoms with Crippen LogP contribution in [-0.4, -0.2) is 54.9 Å². The monoisotopic (exact) mass is 358 g/mol. The van der Waals surface area contributed by atoms with Crippen LogP contribution in [-0.2, 0) is 18.4 Å². The molecule has 1 aromatic carbocycles. The summed E-state index contributed by atoms with van der Waals surface area (Å²) in [7, 11) is 6.98. The molecule has 1 amide bonds. The molecule has 1 aliphatic rings. The number of amides is 1. The average molecular weight is 358 g/mol. The highest BCUT2D eigenvalue weighted by Gasteiger charge is 2.36. The van der Waals surface area contributed by atoms with E-state index in [9.17, 15) is 4.79 Å². The maximum absolute atomic E-state index is 13.1. The summed E-state index contributed by atoms with van der Waals surface area (Å²) in [5.74, 6) is 1.64. The Morgan fingerprint density at radius 2 is 2.15 bits per heavy atom. The van der Waals surface area contributed by atoms with Gasteiger partial charge in [-0.3, -0.25) is 9.48 Å². The van der Waals surface area contributed by atoms with Crippen molar-refractivity contribution in [2.45, 2.75) is 12.5 Å². The fraction of sp³-hybridized carbons (Fsp3) is 0.474. The van der Waals surface area contributed by atoms with E-state index >= 15 is 0 Å². The van der Waals surface area contributed by atoms with Crippen molar-refractivity contribution in [3.8, 4) is 11.5 Å². The van der Waals surface area contributed by atoms with E-state index in [1.807, 2.05) is 44.7 Å². The fourth-order valence-corrected chi connectivity index (χ4v) is 3.52. The van der Waals surface area contributed by atoms with E-state index in [2.05, 4.69) is 10.4 Å². The third kappa shape index (κ3) is 3.67. The summed E-state index contributed by atoms with van der Waals surface area (Å²) in [4.78, 5) is 14.8. The van der Waals surface area contributed by atoms with Gasteiger partial charge >= 0.3 is 0 Å². The molecule has 1 fully saturated rings. The van der Waals surface area contributed by atoms with Crippen molar-refractivity contribution < 1.29 is 14.3 Å². The largest absolute Gasteiger partial charge is 0.497 e. The Kier molecular flexibility index (Phi) is 5.46. The zero-order valence-electron chi connectivity index (χ0n) is 15.7. The van der Waals surface area contributed by atoms with Crippen LogP contribution in [0.2, 0.25) is 0 Å². The molecule has 140 valence electrons. The number of benzene rings is 1. The molecule has 0 bridgehead atoms. The van der Waals surface area contributed by atoms with E-state index in [-0.39, 0.29) is 17.7 Å². The standard InChI is InChI=1S/C19H26N4O3/c1-22(11-13-5-6-15(25-3)7-18(13)26-4)19(24)17-10-20-9-16(17)14-8-21-23(2)12-14/h5-8,12,16-17,20H,9-11H2,1-4H3/t16-,17+/m1/s1. The van der Waals surface area contributed by atoms with Crippen LogP contribution in [0.5, 0.6) is 11.5 Å². The Morgan fingerprint density at radius 1 is 1.35 bits per heavy atom. The van der Waals surface area contributed by atoms with Crippen LogP contribution in [0.1, 0.15) is 17.0 Å². The van der Waals surface area contributed by atoms with Crippen molar-refractivity contribution in [2.24, 2.45) is 13.0 Å². The number of aromatic nitrogens is 2. The molecule has 0 saturated carbocycles. The topological polar surface area (TPSA) is 68.6 Å². The van der Waals surface area contributed by atoms with Crippen LogP contribution in [0, 0.1) is 5.92 Å². The summed E-state index contributed by atoms with van der Waals surface area (Å²) in [6, 6.07) is 5.65. The maximum atomic E-state index is 13.1. The molecule has 1 saturated heterocycles. The van der Waals surface area contributed by atoms with Crippen molar-refractivity contribution in [3.63, 3.8) is 0 Å². The second-order valence-electron chi connectivity index (χ2n) is 6.69. The summed E-state index contributed by atoms with van der Waals surface area (Å²) in [6.45, 7) is 1.96. The van der Waals surface area contributed by atoms with Crippen LogP contribution in [0.3, 0.4) is 0 Å². The first-order chi connectivity index (χ1) is 12.5. The van der Waals surface area contributed by atoms with Gasteiger partial charge in [0.2, 0.25) is 5.91 Å². The van der Waals surface area contributed by atoms with Gasteiger partial charge in [-0.1, -0.05) is 0 Å². The Morgan fingerprint density at radius 3 is 2.81 bits per heavy atom. The van der Waals surface area contributed by atoms with Gasteiger partial charge < -0.3 is 19.7 Å². The second kappa shape index (κ2) is 7.78. The number of rotatable bonds is 6. The van der Waals surface area contributed by atoms with E-state index in [1.165, 1.54) is 0 Å². The lowest BCUT2D eigenvalue weighted by Crippen LogP contribution is -2.35. The van der Waals surface area contributed by atoms with E-state index in [1.54, 1.807) is 23.8 Å². The third-order valence-electron chi connectivity index (χ3n) is 4.96. The van der Waals surface area contributed by atoms with Crippen LogP contribution >= 0.6 is 0 Å². The summed E-state index contributed by atoms with van der Waals surface area (Å²) in [6.07, 6.45) is 3.84. The molecule has 1 aliphatic heterocycles. The van der Waals surface area contributed by atoms with Gasteiger partial charge in [0.1, 0.15) is 11.5 Å². The summed E-state index contributed by atoms with van der Waals surface area (Å²) in [5, 5.41) is 7.58. The van der Waals surface area contributed by atoms with Gasteiger partial charge in [0.15, 0.2) is 0 Å². The molecule has 2 heterocycles. The number of nitrogens with one attached hydrogen (secondary N) is 1. The SMILES string of the molecule is COc1ccc(CN(C)C(=O)[C@H]2CNC[C@@H]2c2cnn(C)c2)c(OC)c1. The summed E-state index contributed by atoms with van der Waals surface area (Å²) >= 11 is 0. The lowest BCUT2D eigenvalue weighted by molar-refractivity contribution is -0.134. The molecule has 0 unspecified atom stereocenters. The number of carbonyl (C=O) groups excluding carboxylic acids is 1. The second-order valence-corrected chi connectivity index (χ2v) is 6.69. The summed E-state index contributed by atoms with van der Waals surface area (Å²) < 4.78 is 12.5. The Bertz CT molecular complexity index is 774. The van der Waals surface area contributed by atoms with Gasteiger partial charge in [-0.2, -0.15) is 5.10 Å². The maximum Gasteiger partial charge on any atom is 0.227 e. The molecule has 7 heteroatoms. The van der Waals surface area contributed by atoms with Crippen molar-refractivity contribution in [2.75, 3.05) is 34.4 Å². The number of ether oxygens (including phenoxy) is 2. The zero-order valence-corrected chi connectivity index (χ0v) is 15.7. The number of nitrogens with zero attached hydrogens (tertiary/aromatic N) is 3. The lowest BCUT2D eigenvalue weighted by Gasteiger charge is -2.25. The minimum absolute atomic E-state index is 0.0894. The zero-order chi connectivity index (χ0) is 18.7. The molecule has 2 atom stereocenters. The Balaban J connectivity index is 1.73. The molecule has 0 radical (unpaired) electrons. The van der Waals surface area contributed by atoms with Crippen LogP contribution < -0.4 is 14.8 Å². The molecule has 0 aliphatic carbocycles. The molecule has 0 spiro atoms. The predicted octanol–water partition coefficient (Wildman–Crippen LogP) is 1.40. The van der Waals surface area contributed by atoms with Crippen LogP contribution in [0.25, 0.3) is 0 Å². The van der Waals surface area contributed by atoms with E-state index < -0.39 is 0 Å². The highest BCUT2D eigenvalue weighted by molar-refractivity contribution is 5.80. The van der Waals surface area contributed by atoms with Crippen molar-refractivity contribution >= 4 is 5.91 Å². The van der Waals surface area contributed by atoms with Crippen molar-refractivity contribution in [1.82, 2.24) is 20.0 Å². The first-order valence-electron chi connectivity index (χ1n) is 8.68. The van der Waals surface area contributed by atoms with Gasteiger partial charge in [0.05, 0.1) is 26.3 Å². The number of hydrogen-bond acceptors (Lipinski definition) is 5. The van der Waals surface area contributed by atoms with Crippen LogP contribution in [0.4, 0.5) is 0 Å². The minimum atomic E-state index is -0.0894. The summed E-state index contributed by atoms with van der Waals surface area (Å²) in [5.41, 5.74) is 2.05. The van der Waals surface area contributed by atoms with Crippen molar-refractivity contribution in [1.29, 1.82) is 0 Å². The van der Waals surface area contributed by atoms with Gasteiger partial charge in [-0.05, 0) is 17.7 Å². The third-order valence-corrected chi connectivity index (χ3v) is 4.96. The van der Waals surface area contributed by atoms with E-state index in [0.717, 1.165) is 29.2 Å². The van der Waals surface area contributed by atoms with Gasteiger partial charge in [0, 0.05) is 57.5 Å². The van der Waals surface area contributed by atoms with E-state index in [0.29, 0.717) is 13.1 Å². The molecule has 3 rings (SSSR count). The number of methoxy groups -OCH3 is 2. The predicted molar refractivity (Wildman–Crippen MR) is 98.3 cm³/mol. The van der Waals surface area contributed by atoms with Gasteiger partial charge in [0.25, 0.3) is 0 Å². The lowest BCUT2D eigenvalue weighted by atomic mass is 9.90. The molecule has 7 nitrogen and oxygen atoms in total. The average Bonchev–Trinajstić information content (AvgIpc) is 3.29. The number of aryl methyl sites for hydroxylation is 1. The van der Waals surface area contributed by atoms with Crippen molar-refractivity contribution in [3.05, 3.63) is 41.7 Å². The molecule has 2 aromatic rings. The first kappa shape index (κ1) is 18.3. The quantitative estimate of drug-likeness (QED) is 0.845. The fourth-order valence-electron chi connectivity index (χ4n) is 3.52. The highest BCUT2D eigenvalue weighted by Crippen LogP contribution is 2.30. The van der Waals surface area contributed by atoms with Gasteiger partial charge in [-0.15, -0.1) is 0 Å². The molecule has 26 heavy (non-hydrogen) atoms. The number of carbonyl (C=O) groups is 1. The molecule has 1 aromatic heterocycles. The minimum Gasteiger partial charge on any atom is -0.497 e. The van der Waals surface area contributed by atoms with Crippen LogP contribution in [0.15, 0.2) is 30.6 Å². The molecular formula is C19H26N4O3. The Hall–Kier alpha value is -2.54. The molecule has 1 N–H and O–H groups in total. The first-order valence-corrected chi connectivity index (χ1v) is 8.68. The van der Waals surface area contributed by atoms with E-state index in [4.69, 9.17) is 9.47 Å². The smallest absolute Gasteiger partial charge is 0.227 e. The van der Waals surface area contributed by atoms with Gasteiger partial charge in [-0.25, -0.2) is 0 Å².